The monoisotopic (exact) mass is 507 g/mol. The van der Waals surface area contributed by atoms with Gasteiger partial charge in [0.25, 0.3) is 5.91 Å². The molecule has 1 aliphatic heterocycles. The number of aryl methyl sites for hydroxylation is 2. The number of nitrogens with one attached hydrogen (secondary N) is 1. The Hall–Kier alpha value is -3.65. The van der Waals surface area contributed by atoms with Gasteiger partial charge < -0.3 is 24.6 Å². The summed E-state index contributed by atoms with van der Waals surface area (Å²) in [4.78, 5) is 17.5. The molecule has 6 nitrogen and oxygen atoms in total. The minimum Gasteiger partial charge on any atom is -0.493 e. The van der Waals surface area contributed by atoms with E-state index in [0.717, 1.165) is 53.7 Å². The number of rotatable bonds is 7. The zero-order valence-corrected chi connectivity index (χ0v) is 21.5. The maximum Gasteiger partial charge on any atom is 0.262 e. The lowest BCUT2D eigenvalue weighted by atomic mass is 10.1. The van der Waals surface area contributed by atoms with Crippen LogP contribution in [0.4, 0.5) is 15.8 Å². The minimum atomic E-state index is -0.251. The van der Waals surface area contributed by atoms with Crippen molar-refractivity contribution in [2.45, 2.75) is 13.8 Å². The van der Waals surface area contributed by atoms with E-state index in [4.69, 9.17) is 21.7 Å². The molecule has 1 N–H and O–H groups in total. The number of thiocarbonyl (C=S) groups is 1. The number of benzene rings is 3. The number of halogens is 1. The lowest BCUT2D eigenvalue weighted by Crippen LogP contribution is -2.48. The van der Waals surface area contributed by atoms with Crippen molar-refractivity contribution in [2.75, 3.05) is 50.1 Å². The fourth-order valence-electron chi connectivity index (χ4n) is 4.08. The second kappa shape index (κ2) is 11.4. The van der Waals surface area contributed by atoms with Gasteiger partial charge in [-0.1, -0.05) is 18.3 Å². The Morgan fingerprint density at radius 1 is 0.944 bits per heavy atom. The number of nitrogens with zero attached hydrogens (tertiary/aromatic N) is 2. The molecule has 0 spiro atoms. The van der Waals surface area contributed by atoms with Crippen LogP contribution in [0.1, 0.15) is 16.7 Å². The maximum absolute atomic E-state index is 13.2. The van der Waals surface area contributed by atoms with Crippen LogP contribution in [0, 0.1) is 19.7 Å². The number of carbonyl (C=O) groups excluding carboxylic acids is 1. The molecule has 0 saturated carbocycles. The number of carbonyl (C=O) groups is 1. The predicted molar refractivity (Wildman–Crippen MR) is 145 cm³/mol. The van der Waals surface area contributed by atoms with E-state index < -0.39 is 0 Å². The number of amides is 1. The van der Waals surface area contributed by atoms with Gasteiger partial charge in [0.1, 0.15) is 10.8 Å². The van der Waals surface area contributed by atoms with Gasteiger partial charge in [-0.25, -0.2) is 4.39 Å². The van der Waals surface area contributed by atoms with Crippen molar-refractivity contribution in [3.05, 3.63) is 83.2 Å². The van der Waals surface area contributed by atoms with Crippen LogP contribution < -0.4 is 19.7 Å². The van der Waals surface area contributed by atoms with E-state index in [-0.39, 0.29) is 18.3 Å². The number of methoxy groups -OCH3 is 1. The molecule has 8 heteroatoms. The maximum atomic E-state index is 13.2. The Kier molecular flexibility index (Phi) is 8.05. The molecule has 0 aliphatic carbocycles. The summed E-state index contributed by atoms with van der Waals surface area (Å²) in [6.07, 6.45) is 0. The van der Waals surface area contributed by atoms with Crippen LogP contribution in [0.15, 0.2) is 60.7 Å². The van der Waals surface area contributed by atoms with Crippen molar-refractivity contribution >= 4 is 34.5 Å². The number of piperazine rings is 1. The quantitative estimate of drug-likeness (QED) is 0.456. The summed E-state index contributed by atoms with van der Waals surface area (Å²) < 4.78 is 24.5. The molecule has 1 aliphatic rings. The van der Waals surface area contributed by atoms with Gasteiger partial charge in [0.05, 0.1) is 7.11 Å². The van der Waals surface area contributed by atoms with Crippen LogP contribution in [0.25, 0.3) is 0 Å². The Balaban J connectivity index is 1.33. The molecule has 36 heavy (non-hydrogen) atoms. The molecular weight excluding hydrogens is 477 g/mol. The second-order valence-electron chi connectivity index (χ2n) is 8.76. The highest BCUT2D eigenvalue weighted by atomic mass is 32.1. The fourth-order valence-corrected chi connectivity index (χ4v) is 4.39. The molecule has 1 amide bonds. The predicted octanol–water partition coefficient (Wildman–Crippen LogP) is 4.97. The van der Waals surface area contributed by atoms with Crippen molar-refractivity contribution in [2.24, 2.45) is 0 Å². The molecule has 188 valence electrons. The van der Waals surface area contributed by atoms with Gasteiger partial charge in [0.15, 0.2) is 18.1 Å². The van der Waals surface area contributed by atoms with Crippen LogP contribution in [0.3, 0.4) is 0 Å². The van der Waals surface area contributed by atoms with Crippen LogP contribution in [-0.2, 0) is 4.79 Å². The third-order valence-electron chi connectivity index (χ3n) is 6.32. The molecular formula is C28H30FN3O3S. The Labute approximate surface area is 216 Å². The van der Waals surface area contributed by atoms with Crippen molar-refractivity contribution in [1.29, 1.82) is 0 Å². The Bertz CT molecular complexity index is 1240. The largest absolute Gasteiger partial charge is 0.493 e. The normalized spacial score (nSPS) is 13.3. The molecule has 1 fully saturated rings. The molecule has 4 rings (SSSR count). The molecule has 1 heterocycles. The van der Waals surface area contributed by atoms with Gasteiger partial charge in [-0.3, -0.25) is 4.79 Å². The minimum absolute atomic E-state index is 0.140. The summed E-state index contributed by atoms with van der Waals surface area (Å²) >= 11 is 5.76. The van der Waals surface area contributed by atoms with Gasteiger partial charge in [0, 0.05) is 43.1 Å². The van der Waals surface area contributed by atoms with Crippen LogP contribution in [0.5, 0.6) is 11.5 Å². The van der Waals surface area contributed by atoms with E-state index in [1.165, 1.54) is 17.7 Å². The SMILES string of the molecule is COc1cc(C(=S)N2CCN(c3ccc(F)cc3)CC2)ccc1OCC(=O)Nc1ccc(C)c(C)c1. The van der Waals surface area contributed by atoms with E-state index >= 15 is 0 Å². The van der Waals surface area contributed by atoms with E-state index in [9.17, 15) is 9.18 Å². The Morgan fingerprint density at radius 3 is 2.33 bits per heavy atom. The Morgan fingerprint density at radius 2 is 1.67 bits per heavy atom. The van der Waals surface area contributed by atoms with Crippen LogP contribution in [-0.4, -0.2) is 55.7 Å². The fraction of sp³-hybridized carbons (Fsp3) is 0.286. The van der Waals surface area contributed by atoms with Crippen molar-refractivity contribution in [1.82, 2.24) is 4.90 Å². The first kappa shape index (κ1) is 25.4. The highest BCUT2D eigenvalue weighted by Crippen LogP contribution is 2.29. The van der Waals surface area contributed by atoms with Gasteiger partial charge in [-0.15, -0.1) is 0 Å². The summed E-state index contributed by atoms with van der Waals surface area (Å²) in [5.74, 6) is 0.500. The first-order valence-corrected chi connectivity index (χ1v) is 12.2. The molecule has 3 aromatic carbocycles. The zero-order chi connectivity index (χ0) is 25.7. The summed E-state index contributed by atoms with van der Waals surface area (Å²) in [6, 6.07) is 17.8. The zero-order valence-electron chi connectivity index (χ0n) is 20.7. The molecule has 0 unspecified atom stereocenters. The molecule has 0 atom stereocenters. The third-order valence-corrected chi connectivity index (χ3v) is 6.81. The van der Waals surface area contributed by atoms with Crippen molar-refractivity contribution < 1.29 is 18.7 Å². The summed E-state index contributed by atoms with van der Waals surface area (Å²) in [5, 5.41) is 2.85. The lowest BCUT2D eigenvalue weighted by Gasteiger charge is -2.37. The van der Waals surface area contributed by atoms with Gasteiger partial charge >= 0.3 is 0 Å². The first-order chi connectivity index (χ1) is 17.3. The molecule has 0 radical (unpaired) electrons. The second-order valence-corrected chi connectivity index (χ2v) is 9.14. The molecule has 0 bridgehead atoms. The smallest absolute Gasteiger partial charge is 0.262 e. The van der Waals surface area contributed by atoms with Crippen LogP contribution >= 0.6 is 12.2 Å². The van der Waals surface area contributed by atoms with E-state index in [2.05, 4.69) is 15.1 Å². The average Bonchev–Trinajstić information content (AvgIpc) is 2.89. The van der Waals surface area contributed by atoms with Gasteiger partial charge in [0.2, 0.25) is 0 Å². The third kappa shape index (κ3) is 6.12. The highest BCUT2D eigenvalue weighted by Gasteiger charge is 2.21. The van der Waals surface area contributed by atoms with Gasteiger partial charge in [-0.2, -0.15) is 0 Å². The van der Waals surface area contributed by atoms with Crippen molar-refractivity contribution in [3.8, 4) is 11.5 Å². The topological polar surface area (TPSA) is 54.0 Å². The first-order valence-electron chi connectivity index (χ1n) is 11.8. The van der Waals surface area contributed by atoms with E-state index in [1.807, 2.05) is 44.2 Å². The number of ether oxygens (including phenoxy) is 2. The number of hydrogen-bond acceptors (Lipinski definition) is 5. The lowest BCUT2D eigenvalue weighted by molar-refractivity contribution is -0.118. The standard InChI is InChI=1S/C28H30FN3O3S/c1-19-4-8-23(16-20(19)2)30-27(33)18-35-25-11-5-21(17-26(25)34-3)28(36)32-14-12-31(13-15-32)24-9-6-22(29)7-10-24/h4-11,16-17H,12-15,18H2,1-3H3,(H,30,33). The average molecular weight is 508 g/mol. The molecule has 0 aromatic heterocycles. The molecule has 3 aromatic rings. The van der Waals surface area contributed by atoms with E-state index in [0.29, 0.717) is 11.5 Å². The van der Waals surface area contributed by atoms with Crippen molar-refractivity contribution in [3.63, 3.8) is 0 Å². The van der Waals surface area contributed by atoms with Crippen LogP contribution in [0.2, 0.25) is 0 Å². The number of anilines is 2. The van der Waals surface area contributed by atoms with E-state index in [1.54, 1.807) is 25.3 Å². The van der Waals surface area contributed by atoms with Gasteiger partial charge in [-0.05, 0) is 79.6 Å². The highest BCUT2D eigenvalue weighted by molar-refractivity contribution is 7.80. The summed E-state index contributed by atoms with van der Waals surface area (Å²) in [5.41, 5.74) is 4.87. The summed E-state index contributed by atoms with van der Waals surface area (Å²) in [6.45, 7) is 6.99. The number of hydrogen-bond donors (Lipinski definition) is 1. The molecule has 1 saturated heterocycles. The summed E-state index contributed by atoms with van der Waals surface area (Å²) in [7, 11) is 1.56.